The molecule has 1 aromatic rings. The van der Waals surface area contributed by atoms with Crippen molar-refractivity contribution in [1.82, 2.24) is 0 Å². The second-order valence-corrected chi connectivity index (χ2v) is 4.95. The molecule has 0 aliphatic carbocycles. The summed E-state index contributed by atoms with van der Waals surface area (Å²) in [5.74, 6) is -0.681. The maximum atomic E-state index is 12.7. The Labute approximate surface area is 108 Å². The topological polar surface area (TPSA) is 17.1 Å². The maximum Gasteiger partial charge on any atom is 0.416 e. The van der Waals surface area contributed by atoms with Crippen molar-refractivity contribution >= 4 is 21.7 Å². The average molecular weight is 331 g/mol. The molecule has 18 heavy (non-hydrogen) atoms. The van der Waals surface area contributed by atoms with Gasteiger partial charge in [0, 0.05) is 11.1 Å². The van der Waals surface area contributed by atoms with Crippen LogP contribution in [0.15, 0.2) is 18.2 Å². The van der Waals surface area contributed by atoms with Gasteiger partial charge in [-0.1, -0.05) is 22.0 Å². The average Bonchev–Trinajstić information content (AvgIpc) is 2.25. The van der Waals surface area contributed by atoms with Gasteiger partial charge in [0.1, 0.15) is 0 Å². The highest BCUT2D eigenvalue weighted by Crippen LogP contribution is 2.34. The van der Waals surface area contributed by atoms with Gasteiger partial charge in [0.15, 0.2) is 5.78 Å². The molecule has 100 valence electrons. The summed E-state index contributed by atoms with van der Waals surface area (Å²) in [5, 5.41) is 0. The molecule has 1 nitrogen and oxygen atoms in total. The number of carbonyl (C=O) groups excluding carboxylic acids is 1. The molecule has 1 rings (SSSR count). The lowest BCUT2D eigenvalue weighted by Gasteiger charge is -2.13. The molecule has 0 aliphatic heterocycles. The highest BCUT2D eigenvalue weighted by molar-refractivity contribution is 9.10. The van der Waals surface area contributed by atoms with Crippen LogP contribution in [-0.2, 0) is 6.18 Å². The van der Waals surface area contributed by atoms with Gasteiger partial charge in [-0.3, -0.25) is 4.79 Å². The van der Waals surface area contributed by atoms with Crippen molar-refractivity contribution in [2.24, 2.45) is 0 Å². The summed E-state index contributed by atoms with van der Waals surface area (Å²) in [6, 6.07) is 1.71. The number of halogens is 6. The molecule has 0 saturated carbocycles. The number of benzene rings is 1. The van der Waals surface area contributed by atoms with E-state index in [-0.39, 0.29) is 0 Å². The fourth-order valence-corrected chi connectivity index (χ4v) is 1.60. The van der Waals surface area contributed by atoms with E-state index in [9.17, 15) is 26.7 Å². The molecule has 0 heterocycles. The molecule has 1 unspecified atom stereocenters. The third kappa shape index (κ3) is 3.28. The predicted molar refractivity (Wildman–Crippen MR) is 59.1 cm³/mol. The Balaban J connectivity index is 3.34. The van der Waals surface area contributed by atoms with E-state index in [0.29, 0.717) is 12.1 Å². The van der Waals surface area contributed by atoms with Gasteiger partial charge in [0.25, 0.3) is 6.43 Å². The molecule has 0 radical (unpaired) electrons. The van der Waals surface area contributed by atoms with Crippen molar-refractivity contribution in [3.63, 3.8) is 0 Å². The molecule has 0 fully saturated rings. The number of hydrogen-bond donors (Lipinski definition) is 0. The normalized spacial score (nSPS) is 13.8. The van der Waals surface area contributed by atoms with Crippen LogP contribution in [0.2, 0.25) is 0 Å². The third-order valence-electron chi connectivity index (χ3n) is 2.24. The smallest absolute Gasteiger partial charge is 0.293 e. The van der Waals surface area contributed by atoms with Crippen molar-refractivity contribution in [1.29, 1.82) is 0 Å². The van der Waals surface area contributed by atoms with Crippen molar-refractivity contribution in [2.45, 2.75) is 24.4 Å². The number of carbonyl (C=O) groups is 1. The first-order chi connectivity index (χ1) is 8.14. The Morgan fingerprint density at radius 3 is 2.22 bits per heavy atom. The Hall–Kier alpha value is -0.980. The summed E-state index contributed by atoms with van der Waals surface area (Å²) in [6.45, 7) is 1.41. The van der Waals surface area contributed by atoms with E-state index in [1.807, 2.05) is 0 Å². The molecule has 0 bridgehead atoms. The quantitative estimate of drug-likeness (QED) is 0.449. The Bertz CT molecular complexity index is 453. The lowest BCUT2D eigenvalue weighted by molar-refractivity contribution is -0.137. The molecule has 0 saturated heterocycles. The number of hydrogen-bond acceptors (Lipinski definition) is 1. The minimum absolute atomic E-state index is 0.313. The molecule has 1 aromatic carbocycles. The summed E-state index contributed by atoms with van der Waals surface area (Å²) in [4.78, 5) is 10.8. The summed E-state index contributed by atoms with van der Waals surface area (Å²) < 4.78 is 62.5. The molecular formula is C11H8BrF5O. The first-order valence-electron chi connectivity index (χ1n) is 4.82. The SMILES string of the molecule is CC(Br)C(=O)c1ccc(C(F)(F)F)cc1C(F)F. The number of rotatable bonds is 3. The van der Waals surface area contributed by atoms with Gasteiger partial charge >= 0.3 is 6.18 Å². The molecule has 0 N–H and O–H groups in total. The molecule has 7 heteroatoms. The van der Waals surface area contributed by atoms with Crippen LogP contribution in [0, 0.1) is 0 Å². The number of ketones is 1. The van der Waals surface area contributed by atoms with Crippen molar-refractivity contribution in [3.05, 3.63) is 34.9 Å². The highest BCUT2D eigenvalue weighted by atomic mass is 79.9. The summed E-state index contributed by atoms with van der Waals surface area (Å²) in [5.41, 5.74) is -2.50. The van der Waals surface area contributed by atoms with Crippen molar-refractivity contribution in [3.8, 4) is 0 Å². The molecule has 0 amide bonds. The monoisotopic (exact) mass is 330 g/mol. The van der Waals surface area contributed by atoms with E-state index < -0.39 is 39.9 Å². The van der Waals surface area contributed by atoms with Gasteiger partial charge in [-0.15, -0.1) is 0 Å². The molecule has 0 aliphatic rings. The predicted octanol–water partition coefficient (Wildman–Crippen LogP) is 4.61. The van der Waals surface area contributed by atoms with Crippen LogP contribution < -0.4 is 0 Å². The Morgan fingerprint density at radius 1 is 1.28 bits per heavy atom. The van der Waals surface area contributed by atoms with E-state index in [1.165, 1.54) is 6.92 Å². The molecular weight excluding hydrogens is 323 g/mol. The van der Waals surface area contributed by atoms with E-state index in [0.717, 1.165) is 6.07 Å². The van der Waals surface area contributed by atoms with Crippen LogP contribution in [0.4, 0.5) is 22.0 Å². The maximum absolute atomic E-state index is 12.7. The van der Waals surface area contributed by atoms with Gasteiger partial charge in [-0.25, -0.2) is 8.78 Å². The Kier molecular flexibility index (Phi) is 4.47. The van der Waals surface area contributed by atoms with Gasteiger partial charge < -0.3 is 0 Å². The van der Waals surface area contributed by atoms with Crippen molar-refractivity contribution in [2.75, 3.05) is 0 Å². The van der Waals surface area contributed by atoms with Crippen LogP contribution >= 0.6 is 15.9 Å². The molecule has 0 spiro atoms. The standard InChI is InChI=1S/C11H8BrF5O/c1-5(12)9(18)7-3-2-6(11(15,16)17)4-8(7)10(13)14/h2-5,10H,1H3. The largest absolute Gasteiger partial charge is 0.416 e. The van der Waals surface area contributed by atoms with Gasteiger partial charge in [0.05, 0.1) is 10.4 Å². The minimum Gasteiger partial charge on any atom is -0.293 e. The van der Waals surface area contributed by atoms with Crippen LogP contribution in [0.5, 0.6) is 0 Å². The Morgan fingerprint density at radius 2 is 1.83 bits per heavy atom. The lowest BCUT2D eigenvalue weighted by atomic mass is 9.99. The van der Waals surface area contributed by atoms with Gasteiger partial charge in [0.2, 0.25) is 0 Å². The summed E-state index contributed by atoms with van der Waals surface area (Å²) in [7, 11) is 0. The highest BCUT2D eigenvalue weighted by Gasteiger charge is 2.33. The second kappa shape index (κ2) is 5.34. The zero-order valence-corrected chi connectivity index (χ0v) is 10.6. The fourth-order valence-electron chi connectivity index (χ4n) is 1.36. The third-order valence-corrected chi connectivity index (χ3v) is 2.66. The lowest BCUT2D eigenvalue weighted by Crippen LogP contribution is -2.15. The van der Waals surface area contributed by atoms with Crippen LogP contribution in [-0.4, -0.2) is 10.6 Å². The first kappa shape index (κ1) is 15.1. The van der Waals surface area contributed by atoms with Gasteiger partial charge in [-0.05, 0) is 19.1 Å². The first-order valence-corrected chi connectivity index (χ1v) is 5.73. The van der Waals surface area contributed by atoms with E-state index in [2.05, 4.69) is 15.9 Å². The van der Waals surface area contributed by atoms with E-state index >= 15 is 0 Å². The second-order valence-electron chi connectivity index (χ2n) is 3.58. The molecule has 0 aromatic heterocycles. The minimum atomic E-state index is -4.72. The zero-order valence-electron chi connectivity index (χ0n) is 9.06. The number of alkyl halides is 6. The fraction of sp³-hybridized carbons (Fsp3) is 0.364. The zero-order chi connectivity index (χ0) is 14.1. The van der Waals surface area contributed by atoms with Crippen LogP contribution in [0.25, 0.3) is 0 Å². The summed E-state index contributed by atoms with van der Waals surface area (Å²) in [6.07, 6.45) is -7.86. The van der Waals surface area contributed by atoms with Gasteiger partial charge in [-0.2, -0.15) is 13.2 Å². The van der Waals surface area contributed by atoms with E-state index in [4.69, 9.17) is 0 Å². The van der Waals surface area contributed by atoms with Crippen molar-refractivity contribution < 1.29 is 26.7 Å². The molecule has 1 atom stereocenters. The van der Waals surface area contributed by atoms with Crippen LogP contribution in [0.1, 0.15) is 34.8 Å². The van der Waals surface area contributed by atoms with Crippen LogP contribution in [0.3, 0.4) is 0 Å². The van der Waals surface area contributed by atoms with E-state index in [1.54, 1.807) is 0 Å². The summed E-state index contributed by atoms with van der Waals surface area (Å²) >= 11 is 2.90. The number of Topliss-reactive ketones (excluding diaryl/α,β-unsaturated/α-hetero) is 1.